The molecule has 0 N–H and O–H groups in total. The summed E-state index contributed by atoms with van der Waals surface area (Å²) in [6, 6.07) is 0. The minimum atomic E-state index is 1.62. The van der Waals surface area contributed by atoms with Gasteiger partial charge in [0.05, 0.1) is 0 Å². The van der Waals surface area contributed by atoms with Gasteiger partial charge in [0, 0.05) is 0 Å². The van der Waals surface area contributed by atoms with Gasteiger partial charge in [0.2, 0.25) is 0 Å². The fraction of sp³-hybridized carbons (Fsp3) is 0. The molecule has 0 aromatic rings. The van der Waals surface area contributed by atoms with E-state index < -0.39 is 0 Å². The maximum atomic E-state index is 4.00. The highest BCUT2D eigenvalue weighted by Crippen LogP contribution is 1.91. The molecule has 0 atom stereocenters. The second-order valence-corrected chi connectivity index (χ2v) is 0.845. The van der Waals surface area contributed by atoms with Crippen molar-refractivity contribution in [3.63, 3.8) is 0 Å². The van der Waals surface area contributed by atoms with Gasteiger partial charge in [-0.1, -0.05) is 0 Å². The SMILES string of the molecule is IOOI. The van der Waals surface area contributed by atoms with Crippen molar-refractivity contribution in [2.24, 2.45) is 0 Å². The van der Waals surface area contributed by atoms with Gasteiger partial charge in [-0.15, -0.1) is 0 Å². The first-order valence-electron chi connectivity index (χ1n) is 0.475. The zero-order chi connectivity index (χ0) is 3.41. The molecule has 0 rings (SSSR count). The highest BCUT2D eigenvalue weighted by Gasteiger charge is 1.56. The highest BCUT2D eigenvalue weighted by atomic mass is 127. The summed E-state index contributed by atoms with van der Waals surface area (Å²) in [5, 5.41) is 0. The quantitative estimate of drug-likeness (QED) is 0.414. The predicted octanol–water partition coefficient (Wildman–Crippen LogP) is 1.63. The first kappa shape index (κ1) is 5.38. The molecule has 0 saturated carbocycles. The van der Waals surface area contributed by atoms with E-state index in [4.69, 9.17) is 0 Å². The van der Waals surface area contributed by atoms with Crippen molar-refractivity contribution in [1.82, 2.24) is 0 Å². The molecular weight excluding hydrogens is 286 g/mol. The molecule has 0 aliphatic heterocycles. The topological polar surface area (TPSA) is 18.5 Å². The number of rotatable bonds is 1. The lowest BCUT2D eigenvalue weighted by Gasteiger charge is -1.70. The van der Waals surface area contributed by atoms with Gasteiger partial charge < -0.3 is 0 Å². The van der Waals surface area contributed by atoms with Crippen molar-refractivity contribution >= 4 is 46.0 Å². The Balaban J connectivity index is 1.97. The Morgan fingerprint density at radius 2 is 1.25 bits per heavy atom. The van der Waals surface area contributed by atoms with E-state index in [-0.39, 0.29) is 0 Å². The van der Waals surface area contributed by atoms with Crippen molar-refractivity contribution in [1.29, 1.82) is 0 Å². The molecule has 0 heterocycles. The molecule has 0 aromatic carbocycles. The van der Waals surface area contributed by atoms with E-state index >= 15 is 0 Å². The third-order valence-corrected chi connectivity index (χ3v) is 1.07. The molecule has 0 aromatic heterocycles. The minimum absolute atomic E-state index is 1.62. The van der Waals surface area contributed by atoms with Gasteiger partial charge in [-0.2, -0.15) is 6.43 Å². The molecule has 0 radical (unpaired) electrons. The lowest BCUT2D eigenvalue weighted by atomic mass is 15.0. The Hall–Kier alpha value is 1.38. The van der Waals surface area contributed by atoms with Crippen LogP contribution in [0.4, 0.5) is 0 Å². The lowest BCUT2D eigenvalue weighted by molar-refractivity contribution is 0.0137. The first-order chi connectivity index (χ1) is 1.91. The van der Waals surface area contributed by atoms with Gasteiger partial charge >= 0.3 is 0 Å². The maximum Gasteiger partial charge on any atom is 0.156 e. The van der Waals surface area contributed by atoms with E-state index in [0.717, 1.165) is 0 Å². The Morgan fingerprint density at radius 1 is 1.00 bits per heavy atom. The van der Waals surface area contributed by atoms with Crippen LogP contribution in [0.5, 0.6) is 0 Å². The Bertz CT molecular complexity index is 6.00. The molecular formula is I2O2. The van der Waals surface area contributed by atoms with Crippen LogP contribution in [0.2, 0.25) is 0 Å². The maximum absolute atomic E-state index is 4.00. The molecule has 2 nitrogen and oxygen atoms in total. The molecule has 0 aliphatic carbocycles. The molecule has 0 saturated heterocycles. The molecule has 4 heavy (non-hydrogen) atoms. The molecule has 26 valence electrons. The largest absolute Gasteiger partial charge is 0.156 e. The summed E-state index contributed by atoms with van der Waals surface area (Å²) in [7, 11) is 0. The zero-order valence-corrected chi connectivity index (χ0v) is 5.89. The summed E-state index contributed by atoms with van der Waals surface area (Å²) in [4.78, 5) is 0. The van der Waals surface area contributed by atoms with Crippen molar-refractivity contribution in [2.45, 2.75) is 0 Å². The summed E-state index contributed by atoms with van der Waals surface area (Å²) < 4.78 is 8.00. The predicted molar refractivity (Wildman–Crippen MR) is 30.2 cm³/mol. The Kier molecular flexibility index (Phi) is 5.89. The van der Waals surface area contributed by atoms with Crippen LogP contribution in [0.1, 0.15) is 0 Å². The summed E-state index contributed by atoms with van der Waals surface area (Å²) in [5.74, 6) is 0. The lowest BCUT2D eigenvalue weighted by Crippen LogP contribution is -1.49. The van der Waals surface area contributed by atoms with Crippen LogP contribution in [0.15, 0.2) is 0 Å². The Labute approximate surface area is 52.2 Å². The van der Waals surface area contributed by atoms with Gasteiger partial charge in [0.1, 0.15) is 0 Å². The molecule has 0 amide bonds. The highest BCUT2D eigenvalue weighted by molar-refractivity contribution is 14.1. The molecule has 0 bridgehead atoms. The summed E-state index contributed by atoms with van der Waals surface area (Å²) in [6.45, 7) is 0. The molecule has 0 unspecified atom stereocenters. The Morgan fingerprint density at radius 3 is 1.25 bits per heavy atom. The first-order valence-corrected chi connectivity index (χ1v) is 2.24. The zero-order valence-electron chi connectivity index (χ0n) is 1.57. The van der Waals surface area contributed by atoms with E-state index in [0.29, 0.717) is 0 Å². The molecule has 0 fully saturated rings. The summed E-state index contributed by atoms with van der Waals surface area (Å²) in [6.07, 6.45) is 0. The van der Waals surface area contributed by atoms with Gasteiger partial charge in [0.25, 0.3) is 0 Å². The van der Waals surface area contributed by atoms with E-state index in [9.17, 15) is 0 Å². The van der Waals surface area contributed by atoms with Crippen LogP contribution in [0, 0.1) is 0 Å². The summed E-state index contributed by atoms with van der Waals surface area (Å²) in [5.41, 5.74) is 0. The third-order valence-electron chi connectivity index (χ3n) is 0.0238. The smallest absolute Gasteiger partial charge is 0.156 e. The number of halogens is 2. The van der Waals surface area contributed by atoms with Crippen LogP contribution in [-0.2, 0) is 6.43 Å². The van der Waals surface area contributed by atoms with E-state index in [1.54, 1.807) is 46.0 Å². The average molecular weight is 286 g/mol. The fourth-order valence-corrected chi connectivity index (χ4v) is 0. The average Bonchev–Trinajstić information content (AvgIpc) is 1.37. The van der Waals surface area contributed by atoms with E-state index in [2.05, 4.69) is 6.43 Å². The summed E-state index contributed by atoms with van der Waals surface area (Å²) >= 11 is 3.24. The van der Waals surface area contributed by atoms with Gasteiger partial charge in [0.15, 0.2) is 46.0 Å². The van der Waals surface area contributed by atoms with Crippen molar-refractivity contribution in [3.8, 4) is 0 Å². The van der Waals surface area contributed by atoms with Gasteiger partial charge in [-0.3, -0.25) is 0 Å². The van der Waals surface area contributed by atoms with Gasteiger partial charge in [-0.25, -0.2) is 0 Å². The fourth-order valence-electron chi connectivity index (χ4n) is 0. The van der Waals surface area contributed by atoms with Crippen LogP contribution in [0.25, 0.3) is 0 Å². The second-order valence-electron chi connectivity index (χ2n) is 0.126. The minimum Gasteiger partial charge on any atom is -0.156 e. The molecule has 0 spiro atoms. The van der Waals surface area contributed by atoms with Crippen molar-refractivity contribution in [3.05, 3.63) is 0 Å². The van der Waals surface area contributed by atoms with E-state index in [1.165, 1.54) is 0 Å². The second kappa shape index (κ2) is 4.38. The van der Waals surface area contributed by atoms with Crippen LogP contribution in [0.3, 0.4) is 0 Å². The van der Waals surface area contributed by atoms with Crippen LogP contribution < -0.4 is 0 Å². The molecule has 4 heteroatoms. The van der Waals surface area contributed by atoms with Crippen LogP contribution >= 0.6 is 46.0 Å². The van der Waals surface area contributed by atoms with Crippen molar-refractivity contribution < 1.29 is 6.43 Å². The standard InChI is InChI=1S/I2O2/c1-3-4-2. The van der Waals surface area contributed by atoms with Crippen LogP contribution in [-0.4, -0.2) is 0 Å². The monoisotopic (exact) mass is 286 g/mol. The number of hydrogen-bond acceptors (Lipinski definition) is 2. The van der Waals surface area contributed by atoms with Gasteiger partial charge in [-0.05, 0) is 0 Å². The van der Waals surface area contributed by atoms with Crippen molar-refractivity contribution in [2.75, 3.05) is 0 Å². The molecule has 0 aliphatic rings. The third kappa shape index (κ3) is 3.38. The number of hydrogen-bond donors (Lipinski definition) is 0. The normalized spacial score (nSPS) is 7.50. The van der Waals surface area contributed by atoms with E-state index in [1.807, 2.05) is 0 Å².